The maximum absolute atomic E-state index is 13.3. The molecule has 1 unspecified atom stereocenters. The Hall–Kier alpha value is -2.33. The van der Waals surface area contributed by atoms with Crippen LogP contribution in [0.4, 0.5) is 8.78 Å². The molecule has 1 aliphatic heterocycles. The highest BCUT2D eigenvalue weighted by atomic mass is 32.2. The lowest BCUT2D eigenvalue weighted by atomic mass is 10.3. The molecule has 2 aromatic rings. The van der Waals surface area contributed by atoms with Crippen LogP contribution in [0.15, 0.2) is 35.5 Å². The molecule has 0 N–H and O–H groups in total. The molecule has 3 rings (SSSR count). The Morgan fingerprint density at radius 1 is 1.16 bits per heavy atom. The third-order valence-electron chi connectivity index (χ3n) is 3.74. The van der Waals surface area contributed by atoms with Crippen LogP contribution in [0.5, 0.6) is 11.8 Å². The molecule has 1 atom stereocenters. The topological polar surface area (TPSA) is 81.6 Å². The average molecular weight is 371 g/mol. The van der Waals surface area contributed by atoms with Gasteiger partial charge in [0.25, 0.3) is 11.8 Å². The number of benzene rings is 1. The average Bonchev–Trinajstić information content (AvgIpc) is 3.07. The van der Waals surface area contributed by atoms with Crippen LogP contribution in [0.1, 0.15) is 6.42 Å². The van der Waals surface area contributed by atoms with Crippen molar-refractivity contribution in [1.29, 1.82) is 0 Å². The van der Waals surface area contributed by atoms with Crippen molar-refractivity contribution < 1.29 is 26.7 Å². The first-order valence-corrected chi connectivity index (χ1v) is 8.82. The van der Waals surface area contributed by atoms with Gasteiger partial charge in [-0.25, -0.2) is 27.2 Å². The van der Waals surface area contributed by atoms with Crippen LogP contribution in [0.2, 0.25) is 0 Å². The predicted molar refractivity (Wildman–Crippen MR) is 82.7 cm³/mol. The summed E-state index contributed by atoms with van der Waals surface area (Å²) >= 11 is 0. The lowest BCUT2D eigenvalue weighted by Gasteiger charge is -2.17. The predicted octanol–water partition coefficient (Wildman–Crippen LogP) is 1.61. The third-order valence-corrected chi connectivity index (χ3v) is 5.60. The molecule has 0 amide bonds. The van der Waals surface area contributed by atoms with Crippen molar-refractivity contribution in [3.05, 3.63) is 42.2 Å². The smallest absolute Gasteiger partial charge is 0.278 e. The van der Waals surface area contributed by atoms with Crippen molar-refractivity contribution in [2.45, 2.75) is 17.4 Å². The summed E-state index contributed by atoms with van der Waals surface area (Å²) in [6, 6.07) is 2.49. The van der Waals surface area contributed by atoms with E-state index in [1.165, 1.54) is 19.5 Å². The normalized spacial score (nSPS) is 18.3. The molecular formula is C15H15F2N3O4S. The van der Waals surface area contributed by atoms with Gasteiger partial charge in [-0.05, 0) is 24.6 Å². The highest BCUT2D eigenvalue weighted by Gasteiger charge is 2.34. The molecule has 1 fully saturated rings. The van der Waals surface area contributed by atoms with Gasteiger partial charge < -0.3 is 9.47 Å². The summed E-state index contributed by atoms with van der Waals surface area (Å²) in [7, 11) is -2.52. The van der Waals surface area contributed by atoms with Gasteiger partial charge in [0, 0.05) is 18.9 Å². The van der Waals surface area contributed by atoms with E-state index in [-0.39, 0.29) is 29.7 Å². The van der Waals surface area contributed by atoms with E-state index < -0.39 is 27.8 Å². The van der Waals surface area contributed by atoms with Crippen molar-refractivity contribution in [3.63, 3.8) is 0 Å². The number of hydrogen-bond donors (Lipinski definition) is 0. The highest BCUT2D eigenvalue weighted by molar-refractivity contribution is 7.89. The van der Waals surface area contributed by atoms with E-state index in [0.29, 0.717) is 12.5 Å². The molecule has 2 heterocycles. The van der Waals surface area contributed by atoms with E-state index in [0.717, 1.165) is 16.4 Å². The van der Waals surface area contributed by atoms with Crippen molar-refractivity contribution in [3.8, 4) is 11.8 Å². The molecule has 1 aliphatic rings. The number of ether oxygens (including phenoxy) is 2. The lowest BCUT2D eigenvalue weighted by molar-refractivity contribution is 0.194. The number of nitrogens with zero attached hydrogens (tertiary/aromatic N) is 3. The molecule has 0 bridgehead atoms. The number of hydrogen-bond acceptors (Lipinski definition) is 6. The number of methoxy groups -OCH3 is 1. The van der Waals surface area contributed by atoms with Gasteiger partial charge in [0.1, 0.15) is 6.10 Å². The second-order valence-corrected chi connectivity index (χ2v) is 7.28. The molecule has 1 saturated heterocycles. The number of halogens is 2. The Bertz CT molecular complexity index is 879. The zero-order valence-electron chi connectivity index (χ0n) is 13.2. The largest absolute Gasteiger partial charge is 0.477 e. The summed E-state index contributed by atoms with van der Waals surface area (Å²) < 4.78 is 63.3. The maximum Gasteiger partial charge on any atom is 0.278 e. The maximum atomic E-state index is 13.3. The first-order valence-electron chi connectivity index (χ1n) is 7.38. The van der Waals surface area contributed by atoms with Crippen LogP contribution >= 0.6 is 0 Å². The summed E-state index contributed by atoms with van der Waals surface area (Å²) in [5.74, 6) is -1.94. The fourth-order valence-electron chi connectivity index (χ4n) is 2.49. The Balaban J connectivity index is 1.74. The summed E-state index contributed by atoms with van der Waals surface area (Å²) in [6.45, 7) is 0.246. The molecule has 1 aromatic heterocycles. The van der Waals surface area contributed by atoms with Gasteiger partial charge in [-0.15, -0.1) is 0 Å². The number of sulfonamides is 1. The van der Waals surface area contributed by atoms with Gasteiger partial charge in [0.05, 0.1) is 18.6 Å². The standard InChI is InChI=1S/C15H15F2N3O4S/c1-23-14-15(19-6-5-18-14)24-10-4-7-20(9-10)25(21,22)11-2-3-12(16)13(17)8-11/h2-3,5-6,8,10H,4,7,9H2,1H3. The van der Waals surface area contributed by atoms with Crippen LogP contribution in [0.25, 0.3) is 0 Å². The molecule has 0 radical (unpaired) electrons. The minimum Gasteiger partial charge on any atom is -0.477 e. The fourth-order valence-corrected chi connectivity index (χ4v) is 3.99. The summed E-state index contributed by atoms with van der Waals surface area (Å²) in [4.78, 5) is 7.66. The summed E-state index contributed by atoms with van der Waals surface area (Å²) in [6.07, 6.45) is 2.84. The first kappa shape index (κ1) is 17.5. The fraction of sp³-hybridized carbons (Fsp3) is 0.333. The van der Waals surface area contributed by atoms with Gasteiger partial charge in [-0.2, -0.15) is 4.31 Å². The van der Waals surface area contributed by atoms with Crippen LogP contribution in [-0.2, 0) is 10.0 Å². The van der Waals surface area contributed by atoms with E-state index in [4.69, 9.17) is 9.47 Å². The van der Waals surface area contributed by atoms with Gasteiger partial charge in [0.2, 0.25) is 10.0 Å². The molecular weight excluding hydrogens is 356 g/mol. The quantitative estimate of drug-likeness (QED) is 0.794. The first-order chi connectivity index (χ1) is 11.9. The van der Waals surface area contributed by atoms with Crippen molar-refractivity contribution in [2.75, 3.05) is 20.2 Å². The molecule has 1 aromatic carbocycles. The minimum atomic E-state index is -3.94. The molecule has 25 heavy (non-hydrogen) atoms. The number of rotatable bonds is 5. The number of aromatic nitrogens is 2. The van der Waals surface area contributed by atoms with Crippen LogP contribution in [-0.4, -0.2) is 49.0 Å². The Kier molecular flexibility index (Phi) is 4.82. The Morgan fingerprint density at radius 3 is 2.56 bits per heavy atom. The zero-order chi connectivity index (χ0) is 18.0. The molecule has 0 spiro atoms. The molecule has 0 aliphatic carbocycles. The third kappa shape index (κ3) is 3.54. The van der Waals surface area contributed by atoms with Gasteiger partial charge >= 0.3 is 0 Å². The van der Waals surface area contributed by atoms with E-state index in [2.05, 4.69) is 9.97 Å². The summed E-state index contributed by atoms with van der Waals surface area (Å²) in [5.41, 5.74) is 0. The van der Waals surface area contributed by atoms with Crippen LogP contribution in [0, 0.1) is 11.6 Å². The lowest BCUT2D eigenvalue weighted by Crippen LogP contribution is -2.31. The van der Waals surface area contributed by atoms with E-state index >= 15 is 0 Å². The SMILES string of the molecule is COc1nccnc1OC1CCN(S(=O)(=O)c2ccc(F)c(F)c2)C1. The highest BCUT2D eigenvalue weighted by Crippen LogP contribution is 2.27. The monoisotopic (exact) mass is 371 g/mol. The second kappa shape index (κ2) is 6.89. The Labute approximate surface area is 143 Å². The Morgan fingerprint density at radius 2 is 1.88 bits per heavy atom. The molecule has 7 nitrogen and oxygen atoms in total. The summed E-state index contributed by atoms with van der Waals surface area (Å²) in [5, 5.41) is 0. The zero-order valence-corrected chi connectivity index (χ0v) is 14.0. The molecule has 0 saturated carbocycles. The van der Waals surface area contributed by atoms with Crippen LogP contribution in [0.3, 0.4) is 0 Å². The van der Waals surface area contributed by atoms with Crippen LogP contribution < -0.4 is 9.47 Å². The van der Waals surface area contributed by atoms with Gasteiger partial charge in [-0.1, -0.05) is 0 Å². The van der Waals surface area contributed by atoms with Gasteiger partial charge in [0.15, 0.2) is 11.6 Å². The van der Waals surface area contributed by atoms with Crippen molar-refractivity contribution in [2.24, 2.45) is 0 Å². The van der Waals surface area contributed by atoms with E-state index in [9.17, 15) is 17.2 Å². The second-order valence-electron chi connectivity index (χ2n) is 5.34. The van der Waals surface area contributed by atoms with Gasteiger partial charge in [-0.3, -0.25) is 0 Å². The minimum absolute atomic E-state index is 0.0566. The van der Waals surface area contributed by atoms with E-state index in [1.54, 1.807) is 0 Å². The molecule has 134 valence electrons. The van der Waals surface area contributed by atoms with Crippen molar-refractivity contribution in [1.82, 2.24) is 14.3 Å². The molecule has 10 heteroatoms. The van der Waals surface area contributed by atoms with Crippen molar-refractivity contribution >= 4 is 10.0 Å². The van der Waals surface area contributed by atoms with E-state index in [1.807, 2.05) is 0 Å².